The fourth-order valence-electron chi connectivity index (χ4n) is 1.71. The molecular weight excluding hydrogens is 238 g/mol. The highest BCUT2D eigenvalue weighted by Crippen LogP contribution is 2.24. The molecule has 1 N–H and O–H groups in total. The van der Waals surface area contributed by atoms with Crippen molar-refractivity contribution in [1.29, 1.82) is 0 Å². The zero-order valence-electron chi connectivity index (χ0n) is 12.7. The standard InChI is InChI=1S/C16H27NO2/c1-5-18-12-10-17-11-13-19-15-8-6-14(7-9-15)16(2,3)4/h6-9,17H,5,10-13H2,1-4H3. The maximum Gasteiger partial charge on any atom is 0.119 e. The van der Waals surface area contributed by atoms with Crippen LogP contribution in [0.1, 0.15) is 33.3 Å². The molecule has 1 aromatic carbocycles. The van der Waals surface area contributed by atoms with E-state index in [-0.39, 0.29) is 5.41 Å². The van der Waals surface area contributed by atoms with Gasteiger partial charge in [0.25, 0.3) is 0 Å². The molecule has 0 fully saturated rings. The topological polar surface area (TPSA) is 30.5 Å². The maximum atomic E-state index is 5.68. The molecule has 0 aliphatic rings. The summed E-state index contributed by atoms with van der Waals surface area (Å²) in [6.07, 6.45) is 0. The van der Waals surface area contributed by atoms with Gasteiger partial charge < -0.3 is 14.8 Å². The zero-order valence-corrected chi connectivity index (χ0v) is 12.7. The molecule has 0 aliphatic carbocycles. The third-order valence-electron chi connectivity index (χ3n) is 2.90. The lowest BCUT2D eigenvalue weighted by atomic mass is 9.87. The minimum Gasteiger partial charge on any atom is -0.492 e. The quantitative estimate of drug-likeness (QED) is 0.733. The molecule has 0 aliphatic heterocycles. The van der Waals surface area contributed by atoms with Crippen LogP contribution in [0.5, 0.6) is 5.75 Å². The van der Waals surface area contributed by atoms with Gasteiger partial charge in [-0.15, -0.1) is 0 Å². The molecule has 0 aromatic heterocycles. The van der Waals surface area contributed by atoms with Crippen LogP contribution in [0, 0.1) is 0 Å². The summed E-state index contributed by atoms with van der Waals surface area (Å²) in [5.74, 6) is 0.930. The van der Waals surface area contributed by atoms with Gasteiger partial charge in [0.05, 0.1) is 6.61 Å². The fourth-order valence-corrected chi connectivity index (χ4v) is 1.71. The Bertz CT molecular complexity index is 341. The second kappa shape index (κ2) is 8.18. The summed E-state index contributed by atoms with van der Waals surface area (Å²) in [4.78, 5) is 0. The summed E-state index contributed by atoms with van der Waals surface area (Å²) in [6.45, 7) is 12.6. The second-order valence-electron chi connectivity index (χ2n) is 5.57. The molecule has 0 unspecified atom stereocenters. The molecule has 3 nitrogen and oxygen atoms in total. The highest BCUT2D eigenvalue weighted by Gasteiger charge is 2.12. The molecule has 0 atom stereocenters. The molecule has 1 aromatic rings. The third-order valence-corrected chi connectivity index (χ3v) is 2.90. The van der Waals surface area contributed by atoms with Gasteiger partial charge in [0.2, 0.25) is 0 Å². The third kappa shape index (κ3) is 6.60. The van der Waals surface area contributed by atoms with Crippen molar-refractivity contribution in [3.05, 3.63) is 29.8 Å². The van der Waals surface area contributed by atoms with Crippen LogP contribution in [-0.4, -0.2) is 32.9 Å². The molecule has 19 heavy (non-hydrogen) atoms. The van der Waals surface area contributed by atoms with Gasteiger partial charge in [0.1, 0.15) is 12.4 Å². The summed E-state index contributed by atoms with van der Waals surface area (Å²) >= 11 is 0. The summed E-state index contributed by atoms with van der Waals surface area (Å²) in [5, 5.41) is 3.28. The second-order valence-corrected chi connectivity index (χ2v) is 5.57. The van der Waals surface area contributed by atoms with E-state index in [1.165, 1.54) is 5.56 Å². The van der Waals surface area contributed by atoms with Crippen LogP contribution >= 0.6 is 0 Å². The highest BCUT2D eigenvalue weighted by atomic mass is 16.5. The first-order valence-electron chi connectivity index (χ1n) is 7.06. The lowest BCUT2D eigenvalue weighted by Gasteiger charge is -2.19. The van der Waals surface area contributed by atoms with Gasteiger partial charge in [-0.2, -0.15) is 0 Å². The van der Waals surface area contributed by atoms with Gasteiger partial charge in [-0.1, -0.05) is 32.9 Å². The Labute approximate surface area is 117 Å². The largest absolute Gasteiger partial charge is 0.492 e. The van der Waals surface area contributed by atoms with Crippen LogP contribution in [0.25, 0.3) is 0 Å². The predicted molar refractivity (Wildman–Crippen MR) is 80.0 cm³/mol. The molecule has 3 heteroatoms. The molecule has 0 saturated heterocycles. The van der Waals surface area contributed by atoms with Gasteiger partial charge >= 0.3 is 0 Å². The Morgan fingerprint density at radius 2 is 1.63 bits per heavy atom. The smallest absolute Gasteiger partial charge is 0.119 e. The first kappa shape index (κ1) is 16.0. The van der Waals surface area contributed by atoms with Gasteiger partial charge in [-0.3, -0.25) is 0 Å². The number of rotatable bonds is 8. The van der Waals surface area contributed by atoms with Gasteiger partial charge in [-0.25, -0.2) is 0 Å². The van der Waals surface area contributed by atoms with Crippen molar-refractivity contribution >= 4 is 0 Å². The highest BCUT2D eigenvalue weighted by molar-refractivity contribution is 5.31. The van der Waals surface area contributed by atoms with Crippen molar-refractivity contribution in [1.82, 2.24) is 5.32 Å². The van der Waals surface area contributed by atoms with Crippen LogP contribution < -0.4 is 10.1 Å². The Morgan fingerprint density at radius 3 is 2.21 bits per heavy atom. The molecule has 0 spiro atoms. The molecule has 0 amide bonds. The average Bonchev–Trinajstić information content (AvgIpc) is 2.37. The molecule has 0 saturated carbocycles. The van der Waals surface area contributed by atoms with E-state index < -0.39 is 0 Å². The van der Waals surface area contributed by atoms with Crippen LogP contribution in [0.3, 0.4) is 0 Å². The van der Waals surface area contributed by atoms with Crippen molar-refractivity contribution < 1.29 is 9.47 Å². The van der Waals surface area contributed by atoms with Crippen molar-refractivity contribution in [3.63, 3.8) is 0 Å². The van der Waals surface area contributed by atoms with Gasteiger partial charge in [0.15, 0.2) is 0 Å². The first-order chi connectivity index (χ1) is 9.04. The summed E-state index contributed by atoms with van der Waals surface area (Å²) in [6, 6.07) is 8.36. The lowest BCUT2D eigenvalue weighted by Crippen LogP contribution is -2.25. The van der Waals surface area contributed by atoms with Crippen LogP contribution in [0.15, 0.2) is 24.3 Å². The fraction of sp³-hybridized carbons (Fsp3) is 0.625. The van der Waals surface area contributed by atoms with Crippen LogP contribution in [0.4, 0.5) is 0 Å². The number of hydrogen-bond donors (Lipinski definition) is 1. The monoisotopic (exact) mass is 265 g/mol. The van der Waals surface area contributed by atoms with Crippen LogP contribution in [-0.2, 0) is 10.2 Å². The number of ether oxygens (including phenoxy) is 2. The van der Waals surface area contributed by atoms with Crippen molar-refractivity contribution in [2.24, 2.45) is 0 Å². The molecule has 0 heterocycles. The minimum absolute atomic E-state index is 0.194. The number of benzene rings is 1. The molecule has 108 valence electrons. The van der Waals surface area contributed by atoms with E-state index in [2.05, 4.69) is 38.2 Å². The predicted octanol–water partition coefficient (Wildman–Crippen LogP) is 2.99. The Hall–Kier alpha value is -1.06. The summed E-state index contributed by atoms with van der Waals surface area (Å²) < 4.78 is 10.9. The molecule has 0 bridgehead atoms. The maximum absolute atomic E-state index is 5.68. The van der Waals surface area contributed by atoms with Gasteiger partial charge in [-0.05, 0) is 30.0 Å². The Balaban J connectivity index is 2.20. The van der Waals surface area contributed by atoms with E-state index >= 15 is 0 Å². The molecular formula is C16H27NO2. The van der Waals surface area contributed by atoms with E-state index in [9.17, 15) is 0 Å². The normalized spacial score (nSPS) is 11.6. The van der Waals surface area contributed by atoms with Crippen molar-refractivity contribution in [2.45, 2.75) is 33.1 Å². The summed E-state index contributed by atoms with van der Waals surface area (Å²) in [7, 11) is 0. The van der Waals surface area contributed by atoms with E-state index in [0.29, 0.717) is 6.61 Å². The van der Waals surface area contributed by atoms with Crippen molar-refractivity contribution in [2.75, 3.05) is 32.9 Å². The minimum atomic E-state index is 0.194. The van der Waals surface area contributed by atoms with E-state index in [1.54, 1.807) is 0 Å². The lowest BCUT2D eigenvalue weighted by molar-refractivity contribution is 0.148. The van der Waals surface area contributed by atoms with Crippen LogP contribution in [0.2, 0.25) is 0 Å². The van der Waals surface area contributed by atoms with Gasteiger partial charge in [0, 0.05) is 19.7 Å². The number of hydrogen-bond acceptors (Lipinski definition) is 3. The Morgan fingerprint density at radius 1 is 1.00 bits per heavy atom. The molecule has 1 rings (SSSR count). The first-order valence-corrected chi connectivity index (χ1v) is 7.06. The van der Waals surface area contributed by atoms with Crippen molar-refractivity contribution in [3.8, 4) is 5.75 Å². The Kier molecular flexibility index (Phi) is 6.89. The molecule has 0 radical (unpaired) electrons. The zero-order chi connectivity index (χ0) is 14.1. The average molecular weight is 265 g/mol. The number of nitrogens with one attached hydrogen (secondary N) is 1. The summed E-state index contributed by atoms with van der Waals surface area (Å²) in [5.41, 5.74) is 1.52. The van der Waals surface area contributed by atoms with E-state index in [0.717, 1.165) is 32.1 Å². The SMILES string of the molecule is CCOCCNCCOc1ccc(C(C)(C)C)cc1. The van der Waals surface area contributed by atoms with E-state index in [4.69, 9.17) is 9.47 Å². The van der Waals surface area contributed by atoms with E-state index in [1.807, 2.05) is 19.1 Å².